The van der Waals surface area contributed by atoms with Crippen LogP contribution < -0.4 is 0 Å². The van der Waals surface area contributed by atoms with Gasteiger partial charge in [-0.15, -0.1) is 0 Å². The Morgan fingerprint density at radius 2 is 2.21 bits per heavy atom. The number of hydrogen-bond donors (Lipinski definition) is 2. The van der Waals surface area contributed by atoms with Gasteiger partial charge in [-0.3, -0.25) is 0 Å². The molecular weight excluding hydrogens is 250 g/mol. The van der Waals surface area contributed by atoms with E-state index in [1.165, 1.54) is 12.1 Å². The molecule has 0 spiro atoms. The van der Waals surface area contributed by atoms with E-state index < -0.39 is 12.6 Å². The molecule has 0 aliphatic heterocycles. The van der Waals surface area contributed by atoms with Crippen LogP contribution in [0.25, 0.3) is 0 Å². The lowest BCUT2D eigenvalue weighted by molar-refractivity contribution is 0.0692. The van der Waals surface area contributed by atoms with Gasteiger partial charge < -0.3 is 10.2 Å². The number of rotatable bonds is 2. The van der Waals surface area contributed by atoms with E-state index in [1.807, 2.05) is 6.07 Å². The normalized spacial score (nSPS) is 9.50. The highest BCUT2D eigenvalue weighted by Gasteiger charge is 2.14. The van der Waals surface area contributed by atoms with Crippen molar-refractivity contribution in [3.63, 3.8) is 0 Å². The van der Waals surface area contributed by atoms with Crippen molar-refractivity contribution in [1.29, 1.82) is 5.26 Å². The summed E-state index contributed by atoms with van der Waals surface area (Å²) in [6.45, 7) is -0.407. The monoisotopic (exact) mass is 255 g/mol. The zero-order valence-electron chi connectivity index (χ0n) is 6.99. The fourth-order valence-electron chi connectivity index (χ4n) is 1.09. The molecule has 0 saturated carbocycles. The molecule has 1 aromatic rings. The average Bonchev–Trinajstić information content (AvgIpc) is 2.15. The number of hydrogen-bond acceptors (Lipinski definition) is 3. The van der Waals surface area contributed by atoms with E-state index in [4.69, 9.17) is 15.5 Å². The van der Waals surface area contributed by atoms with Gasteiger partial charge in [0.1, 0.15) is 0 Å². The van der Waals surface area contributed by atoms with Crippen LogP contribution in [0.4, 0.5) is 0 Å². The third-order valence-electron chi connectivity index (χ3n) is 1.69. The third-order valence-corrected chi connectivity index (χ3v) is 2.31. The molecule has 0 unspecified atom stereocenters. The topological polar surface area (TPSA) is 81.3 Å². The van der Waals surface area contributed by atoms with E-state index in [1.54, 1.807) is 0 Å². The number of nitrogens with zero attached hydrogens (tertiary/aromatic N) is 1. The second-order valence-corrected chi connectivity index (χ2v) is 3.42. The van der Waals surface area contributed by atoms with Crippen LogP contribution in [0.15, 0.2) is 16.6 Å². The molecule has 0 saturated heterocycles. The number of nitriles is 1. The third kappa shape index (κ3) is 1.92. The van der Waals surface area contributed by atoms with Gasteiger partial charge in [0.2, 0.25) is 0 Å². The summed E-state index contributed by atoms with van der Waals surface area (Å²) in [7, 11) is 0. The van der Waals surface area contributed by atoms with Crippen molar-refractivity contribution in [1.82, 2.24) is 0 Å². The summed E-state index contributed by atoms with van der Waals surface area (Å²) in [6, 6.07) is 4.64. The lowest BCUT2D eigenvalue weighted by Crippen LogP contribution is -2.04. The molecular formula is C9H6BrNO3. The highest BCUT2D eigenvalue weighted by molar-refractivity contribution is 9.10. The molecule has 0 bridgehead atoms. The number of halogens is 1. The summed E-state index contributed by atoms with van der Waals surface area (Å²) in [5, 5.41) is 26.3. The predicted octanol–water partition coefficient (Wildman–Crippen LogP) is 1.51. The van der Waals surface area contributed by atoms with Crippen molar-refractivity contribution in [2.75, 3.05) is 0 Å². The van der Waals surface area contributed by atoms with Crippen LogP contribution in [-0.2, 0) is 6.61 Å². The van der Waals surface area contributed by atoms with Crippen LogP contribution in [0.5, 0.6) is 0 Å². The molecule has 1 rings (SSSR count). The highest BCUT2D eigenvalue weighted by Crippen LogP contribution is 2.23. The Bertz CT molecular complexity index is 423. The van der Waals surface area contributed by atoms with Gasteiger partial charge in [-0.2, -0.15) is 5.26 Å². The minimum Gasteiger partial charge on any atom is -0.478 e. The first-order chi connectivity index (χ1) is 6.60. The van der Waals surface area contributed by atoms with Crippen LogP contribution in [-0.4, -0.2) is 16.2 Å². The Kier molecular flexibility index (Phi) is 3.23. The van der Waals surface area contributed by atoms with E-state index in [9.17, 15) is 4.79 Å². The molecule has 0 heterocycles. The van der Waals surface area contributed by atoms with E-state index in [-0.39, 0.29) is 11.1 Å². The van der Waals surface area contributed by atoms with Gasteiger partial charge in [-0.25, -0.2) is 4.79 Å². The first kappa shape index (κ1) is 10.7. The Labute approximate surface area is 88.5 Å². The molecule has 2 N–H and O–H groups in total. The number of benzene rings is 1. The molecule has 0 aliphatic rings. The number of carboxylic acids is 1. The van der Waals surface area contributed by atoms with E-state index >= 15 is 0 Å². The van der Waals surface area contributed by atoms with E-state index in [0.29, 0.717) is 10.0 Å². The Hall–Kier alpha value is -1.38. The van der Waals surface area contributed by atoms with Crippen LogP contribution in [0.3, 0.4) is 0 Å². The van der Waals surface area contributed by atoms with Crippen molar-refractivity contribution in [3.8, 4) is 6.07 Å². The van der Waals surface area contributed by atoms with Crippen molar-refractivity contribution < 1.29 is 15.0 Å². The van der Waals surface area contributed by atoms with Gasteiger partial charge in [-0.1, -0.05) is 0 Å². The molecule has 0 radical (unpaired) electrons. The molecule has 14 heavy (non-hydrogen) atoms. The first-order valence-electron chi connectivity index (χ1n) is 3.66. The summed E-state index contributed by atoms with van der Waals surface area (Å²) in [6.07, 6.45) is 0. The summed E-state index contributed by atoms with van der Waals surface area (Å²) in [5.74, 6) is -1.13. The number of carbonyl (C=O) groups is 1. The summed E-state index contributed by atoms with van der Waals surface area (Å²) >= 11 is 3.04. The highest BCUT2D eigenvalue weighted by atomic mass is 79.9. The van der Waals surface area contributed by atoms with Gasteiger partial charge in [0.15, 0.2) is 0 Å². The minimum absolute atomic E-state index is 0.00787. The zero-order valence-corrected chi connectivity index (χ0v) is 8.58. The molecule has 0 aromatic heterocycles. The van der Waals surface area contributed by atoms with Crippen LogP contribution in [0, 0.1) is 11.3 Å². The van der Waals surface area contributed by atoms with Gasteiger partial charge in [0.05, 0.1) is 23.8 Å². The molecule has 1 aromatic carbocycles. The van der Waals surface area contributed by atoms with E-state index in [2.05, 4.69) is 15.9 Å². The van der Waals surface area contributed by atoms with Crippen molar-refractivity contribution in [2.24, 2.45) is 0 Å². The molecule has 5 heteroatoms. The summed E-state index contributed by atoms with van der Waals surface area (Å²) in [4.78, 5) is 10.8. The van der Waals surface area contributed by atoms with Crippen LogP contribution >= 0.6 is 15.9 Å². The smallest absolute Gasteiger partial charge is 0.337 e. The standard InChI is InChI=1S/C9H6BrNO3/c10-7-2-5(3-11)1-6(4-12)8(7)9(13)14/h1-2,12H,4H2,(H,13,14). The maximum Gasteiger partial charge on any atom is 0.337 e. The summed E-state index contributed by atoms with van der Waals surface area (Å²) in [5.41, 5.74) is 0.529. The Morgan fingerprint density at radius 1 is 1.57 bits per heavy atom. The van der Waals surface area contributed by atoms with Crippen LogP contribution in [0.1, 0.15) is 21.5 Å². The number of aromatic carboxylic acids is 1. The molecule has 0 atom stereocenters. The number of aliphatic hydroxyl groups excluding tert-OH is 1. The maximum absolute atomic E-state index is 10.8. The fraction of sp³-hybridized carbons (Fsp3) is 0.111. The SMILES string of the molecule is N#Cc1cc(Br)c(C(=O)O)c(CO)c1. The minimum atomic E-state index is -1.13. The second-order valence-electron chi connectivity index (χ2n) is 2.57. The largest absolute Gasteiger partial charge is 0.478 e. The molecule has 0 fully saturated rings. The van der Waals surface area contributed by atoms with Gasteiger partial charge >= 0.3 is 5.97 Å². The first-order valence-corrected chi connectivity index (χ1v) is 4.46. The van der Waals surface area contributed by atoms with Crippen molar-refractivity contribution >= 4 is 21.9 Å². The number of carboxylic acid groups (broad SMARTS) is 1. The van der Waals surface area contributed by atoms with Gasteiger partial charge in [-0.05, 0) is 33.6 Å². The lowest BCUT2D eigenvalue weighted by atomic mass is 10.1. The Morgan fingerprint density at radius 3 is 2.64 bits per heavy atom. The van der Waals surface area contributed by atoms with Crippen molar-refractivity contribution in [3.05, 3.63) is 33.3 Å². The lowest BCUT2D eigenvalue weighted by Gasteiger charge is -2.05. The Balaban J connectivity index is 3.44. The van der Waals surface area contributed by atoms with Gasteiger partial charge in [0.25, 0.3) is 0 Å². The fourth-order valence-corrected chi connectivity index (χ4v) is 1.76. The molecule has 0 aliphatic carbocycles. The maximum atomic E-state index is 10.8. The predicted molar refractivity (Wildman–Crippen MR) is 51.7 cm³/mol. The number of aliphatic hydroxyl groups is 1. The van der Waals surface area contributed by atoms with E-state index in [0.717, 1.165) is 0 Å². The van der Waals surface area contributed by atoms with Crippen LogP contribution in [0.2, 0.25) is 0 Å². The molecule has 4 nitrogen and oxygen atoms in total. The molecule has 0 amide bonds. The van der Waals surface area contributed by atoms with Crippen molar-refractivity contribution in [2.45, 2.75) is 6.61 Å². The second kappa shape index (κ2) is 4.22. The quantitative estimate of drug-likeness (QED) is 0.840. The molecule has 72 valence electrons. The summed E-state index contributed by atoms with van der Waals surface area (Å²) < 4.78 is 0.299. The zero-order chi connectivity index (χ0) is 10.7. The average molecular weight is 256 g/mol. The van der Waals surface area contributed by atoms with Gasteiger partial charge in [0, 0.05) is 4.47 Å².